The minimum absolute atomic E-state index is 0.0977. The Labute approximate surface area is 165 Å². The number of carbonyl (C=O) groups is 1. The molecule has 1 heterocycles. The van der Waals surface area contributed by atoms with Crippen LogP contribution in [0.4, 0.5) is 0 Å². The lowest BCUT2D eigenvalue weighted by Gasteiger charge is -2.26. The highest BCUT2D eigenvalue weighted by atomic mass is 16.5. The molecule has 2 aromatic carbocycles. The first-order valence-electron chi connectivity index (χ1n) is 9.23. The van der Waals surface area contributed by atoms with Crippen LogP contribution in [-0.2, 0) is 12.0 Å². The average molecular weight is 375 g/mol. The smallest absolute Gasteiger partial charge is 0.271 e. The molecule has 5 heteroatoms. The monoisotopic (exact) mass is 375 g/mol. The molecule has 28 heavy (non-hydrogen) atoms. The first kappa shape index (κ1) is 19.5. The molecule has 3 rings (SSSR count). The predicted octanol–water partition coefficient (Wildman–Crippen LogP) is 4.05. The molecule has 0 bridgehead atoms. The van der Waals surface area contributed by atoms with Crippen LogP contribution in [0, 0.1) is 6.92 Å². The largest absolute Gasteiger partial charge is 0.487 e. The molecule has 0 atom stereocenters. The second-order valence-corrected chi connectivity index (χ2v) is 7.28. The molecule has 0 fully saturated rings. The fourth-order valence-corrected chi connectivity index (χ4v) is 2.98. The maximum atomic E-state index is 11.7. The highest BCUT2D eigenvalue weighted by Gasteiger charge is 2.22. The Hall–Kier alpha value is -3.21. The first-order valence-corrected chi connectivity index (χ1v) is 9.23. The molecule has 0 saturated heterocycles. The van der Waals surface area contributed by atoms with Crippen LogP contribution in [0.2, 0.25) is 0 Å². The number of hydrogen-bond acceptors (Lipinski definition) is 4. The molecular formula is C23H25N3O2. The summed E-state index contributed by atoms with van der Waals surface area (Å²) < 4.78 is 5.82. The van der Waals surface area contributed by atoms with Gasteiger partial charge in [0.2, 0.25) is 0 Å². The van der Waals surface area contributed by atoms with Crippen LogP contribution in [0.15, 0.2) is 60.9 Å². The maximum Gasteiger partial charge on any atom is 0.271 e. The fraction of sp³-hybridized carbons (Fsp3) is 0.261. The van der Waals surface area contributed by atoms with Gasteiger partial charge in [-0.2, -0.15) is 0 Å². The summed E-state index contributed by atoms with van der Waals surface area (Å²) >= 11 is 0. The van der Waals surface area contributed by atoms with Crippen LogP contribution in [0.3, 0.4) is 0 Å². The maximum absolute atomic E-state index is 11.7. The molecule has 144 valence electrons. The predicted molar refractivity (Wildman–Crippen MR) is 110 cm³/mol. The van der Waals surface area contributed by atoms with E-state index in [9.17, 15) is 4.79 Å². The van der Waals surface area contributed by atoms with Gasteiger partial charge in [0.25, 0.3) is 5.91 Å². The SMILES string of the molecule is CNC(=O)c1cncc(COc2ccc(C(C)(C)c3ccc(C)cc3)cc2)n1. The van der Waals surface area contributed by atoms with Gasteiger partial charge in [-0.15, -0.1) is 0 Å². The van der Waals surface area contributed by atoms with E-state index in [0.29, 0.717) is 5.69 Å². The Morgan fingerprint density at radius 3 is 2.21 bits per heavy atom. The van der Waals surface area contributed by atoms with E-state index in [1.807, 2.05) is 12.1 Å². The summed E-state index contributed by atoms with van der Waals surface area (Å²) in [5.41, 5.74) is 4.52. The van der Waals surface area contributed by atoms with Crippen molar-refractivity contribution in [3.8, 4) is 5.75 Å². The van der Waals surface area contributed by atoms with Crippen molar-refractivity contribution in [2.45, 2.75) is 32.8 Å². The van der Waals surface area contributed by atoms with E-state index in [-0.39, 0.29) is 23.6 Å². The van der Waals surface area contributed by atoms with Crippen molar-refractivity contribution in [3.05, 3.63) is 89.0 Å². The number of nitrogens with zero attached hydrogens (tertiary/aromatic N) is 2. The fourth-order valence-electron chi connectivity index (χ4n) is 2.98. The Morgan fingerprint density at radius 1 is 1.00 bits per heavy atom. The van der Waals surface area contributed by atoms with Crippen LogP contribution in [-0.4, -0.2) is 22.9 Å². The van der Waals surface area contributed by atoms with Crippen LogP contribution < -0.4 is 10.1 Å². The molecular weight excluding hydrogens is 350 g/mol. The third-order valence-corrected chi connectivity index (χ3v) is 4.88. The summed E-state index contributed by atoms with van der Waals surface area (Å²) in [7, 11) is 1.56. The van der Waals surface area contributed by atoms with Crippen molar-refractivity contribution in [2.24, 2.45) is 0 Å². The Balaban J connectivity index is 1.69. The van der Waals surface area contributed by atoms with E-state index in [1.54, 1.807) is 13.2 Å². The zero-order valence-electron chi connectivity index (χ0n) is 16.7. The highest BCUT2D eigenvalue weighted by molar-refractivity contribution is 5.91. The number of amides is 1. The van der Waals surface area contributed by atoms with Crippen molar-refractivity contribution in [1.29, 1.82) is 0 Å². The third kappa shape index (κ3) is 4.36. The second-order valence-electron chi connectivity index (χ2n) is 7.28. The number of carbonyl (C=O) groups excluding carboxylic acids is 1. The van der Waals surface area contributed by atoms with Gasteiger partial charge in [-0.3, -0.25) is 9.78 Å². The normalized spacial score (nSPS) is 11.1. The van der Waals surface area contributed by atoms with Gasteiger partial charge >= 0.3 is 0 Å². The summed E-state index contributed by atoms with van der Waals surface area (Å²) in [6.07, 6.45) is 3.03. The number of aromatic nitrogens is 2. The minimum Gasteiger partial charge on any atom is -0.487 e. The molecule has 1 N–H and O–H groups in total. The second kappa shape index (κ2) is 8.21. The molecule has 0 aliphatic carbocycles. The van der Waals surface area contributed by atoms with Gasteiger partial charge in [0.1, 0.15) is 18.1 Å². The summed E-state index contributed by atoms with van der Waals surface area (Å²) in [5, 5.41) is 2.54. The lowest BCUT2D eigenvalue weighted by molar-refractivity contribution is 0.0957. The molecule has 0 aliphatic rings. The zero-order valence-corrected chi connectivity index (χ0v) is 16.7. The highest BCUT2D eigenvalue weighted by Crippen LogP contribution is 2.32. The first-order chi connectivity index (χ1) is 13.4. The van der Waals surface area contributed by atoms with E-state index in [1.165, 1.54) is 22.9 Å². The summed E-state index contributed by atoms with van der Waals surface area (Å²) in [4.78, 5) is 20.0. The minimum atomic E-state index is -0.267. The van der Waals surface area contributed by atoms with Gasteiger partial charge in [-0.25, -0.2) is 4.98 Å². The quantitative estimate of drug-likeness (QED) is 0.706. The van der Waals surface area contributed by atoms with E-state index < -0.39 is 0 Å². The number of aryl methyl sites for hydroxylation is 1. The molecule has 0 radical (unpaired) electrons. The Morgan fingerprint density at radius 2 is 1.61 bits per heavy atom. The van der Waals surface area contributed by atoms with Crippen LogP contribution in [0.1, 0.15) is 46.7 Å². The van der Waals surface area contributed by atoms with Gasteiger partial charge < -0.3 is 10.1 Å². The van der Waals surface area contributed by atoms with E-state index >= 15 is 0 Å². The number of hydrogen-bond donors (Lipinski definition) is 1. The lowest BCUT2D eigenvalue weighted by Crippen LogP contribution is -2.20. The molecule has 1 aromatic heterocycles. The van der Waals surface area contributed by atoms with E-state index in [0.717, 1.165) is 5.75 Å². The number of rotatable bonds is 6. The van der Waals surface area contributed by atoms with Gasteiger partial charge in [-0.05, 0) is 30.2 Å². The van der Waals surface area contributed by atoms with E-state index in [4.69, 9.17) is 4.74 Å². The molecule has 0 unspecified atom stereocenters. The molecule has 0 spiro atoms. The van der Waals surface area contributed by atoms with Gasteiger partial charge in [0, 0.05) is 12.5 Å². The number of benzene rings is 2. The van der Waals surface area contributed by atoms with Gasteiger partial charge in [-0.1, -0.05) is 55.8 Å². The van der Waals surface area contributed by atoms with Gasteiger partial charge in [0.05, 0.1) is 18.1 Å². The molecule has 0 aliphatic heterocycles. The molecule has 5 nitrogen and oxygen atoms in total. The standard InChI is InChI=1S/C23H25N3O2/c1-16-5-7-17(8-6-16)23(2,3)18-9-11-20(12-10-18)28-15-19-13-25-14-21(26-19)22(27)24-4/h5-14H,15H2,1-4H3,(H,24,27). The molecule has 0 saturated carbocycles. The Bertz CT molecular complexity index is 948. The summed E-state index contributed by atoms with van der Waals surface area (Å²) in [6.45, 7) is 6.77. The topological polar surface area (TPSA) is 64.1 Å². The van der Waals surface area contributed by atoms with Crippen LogP contribution in [0.5, 0.6) is 5.75 Å². The van der Waals surface area contributed by atoms with Crippen molar-refractivity contribution < 1.29 is 9.53 Å². The van der Waals surface area contributed by atoms with Crippen molar-refractivity contribution in [1.82, 2.24) is 15.3 Å². The summed E-state index contributed by atoms with van der Waals surface area (Å²) in [6, 6.07) is 16.7. The lowest BCUT2D eigenvalue weighted by atomic mass is 9.78. The average Bonchev–Trinajstić information content (AvgIpc) is 2.72. The van der Waals surface area contributed by atoms with Crippen molar-refractivity contribution in [3.63, 3.8) is 0 Å². The van der Waals surface area contributed by atoms with Crippen molar-refractivity contribution >= 4 is 5.91 Å². The summed E-state index contributed by atoms with van der Waals surface area (Å²) in [5.74, 6) is 0.479. The van der Waals surface area contributed by atoms with E-state index in [2.05, 4.69) is 72.5 Å². The zero-order chi connectivity index (χ0) is 20.1. The molecule has 3 aromatic rings. The van der Waals surface area contributed by atoms with Gasteiger partial charge in [0.15, 0.2) is 0 Å². The van der Waals surface area contributed by atoms with Crippen LogP contribution in [0.25, 0.3) is 0 Å². The third-order valence-electron chi connectivity index (χ3n) is 4.88. The number of ether oxygens (including phenoxy) is 1. The van der Waals surface area contributed by atoms with Crippen LogP contribution >= 0.6 is 0 Å². The number of nitrogens with one attached hydrogen (secondary N) is 1. The Kier molecular flexibility index (Phi) is 5.73. The van der Waals surface area contributed by atoms with Crippen molar-refractivity contribution in [2.75, 3.05) is 7.05 Å². The molecule has 1 amide bonds.